The third kappa shape index (κ3) is 3.89. The molecule has 0 saturated carbocycles. The van der Waals surface area contributed by atoms with E-state index < -0.39 is 10.0 Å². The van der Waals surface area contributed by atoms with E-state index in [1.54, 1.807) is 23.5 Å². The summed E-state index contributed by atoms with van der Waals surface area (Å²) in [6.07, 6.45) is 0. The van der Waals surface area contributed by atoms with Gasteiger partial charge in [0, 0.05) is 22.8 Å². The lowest BCUT2D eigenvalue weighted by Crippen LogP contribution is -2.22. The van der Waals surface area contributed by atoms with Crippen LogP contribution >= 0.6 is 11.3 Å². The maximum Gasteiger partial charge on any atom is 0.240 e. The van der Waals surface area contributed by atoms with Crippen molar-refractivity contribution in [1.29, 1.82) is 0 Å². The summed E-state index contributed by atoms with van der Waals surface area (Å²) < 4.78 is 26.9. The number of sulfonamides is 1. The van der Waals surface area contributed by atoms with Gasteiger partial charge >= 0.3 is 0 Å². The molecule has 2 N–H and O–H groups in total. The van der Waals surface area contributed by atoms with Gasteiger partial charge < -0.3 is 5.32 Å². The molecule has 4 nitrogen and oxygen atoms in total. The van der Waals surface area contributed by atoms with E-state index in [1.165, 1.54) is 4.88 Å². The smallest absolute Gasteiger partial charge is 0.240 e. The average molecular weight is 310 g/mol. The molecule has 1 aromatic heterocycles. The maximum absolute atomic E-state index is 12.2. The zero-order valence-corrected chi connectivity index (χ0v) is 13.1. The molecule has 0 aliphatic carbocycles. The Bertz CT molecular complexity index is 661. The van der Waals surface area contributed by atoms with Gasteiger partial charge in [0.05, 0.1) is 4.90 Å². The van der Waals surface area contributed by atoms with Crippen molar-refractivity contribution in [3.63, 3.8) is 0 Å². The van der Waals surface area contributed by atoms with Gasteiger partial charge in [0.15, 0.2) is 0 Å². The predicted octanol–water partition coefficient (Wildman–Crippen LogP) is 2.25. The lowest BCUT2D eigenvalue weighted by atomic mass is 10.2. The second-order valence-corrected chi connectivity index (χ2v) is 7.65. The summed E-state index contributed by atoms with van der Waals surface area (Å²) in [6, 6.07) is 10.8. The van der Waals surface area contributed by atoms with Crippen LogP contribution in [0.4, 0.5) is 0 Å². The van der Waals surface area contributed by atoms with Gasteiger partial charge in [-0.2, -0.15) is 0 Å². The minimum atomic E-state index is -3.44. The molecule has 0 spiro atoms. The fourth-order valence-electron chi connectivity index (χ4n) is 1.82. The number of thiophene rings is 1. The normalized spacial score (nSPS) is 11.7. The van der Waals surface area contributed by atoms with E-state index in [0.717, 1.165) is 17.0 Å². The van der Waals surface area contributed by atoms with E-state index in [0.29, 0.717) is 11.4 Å². The molecule has 2 aromatic rings. The van der Waals surface area contributed by atoms with Crippen molar-refractivity contribution < 1.29 is 8.42 Å². The largest absolute Gasteiger partial charge is 0.316 e. The molecule has 0 saturated heterocycles. The SMILES string of the molecule is CNCc1ccc(S(=O)(=O)NCc2ccc(C)s2)cc1. The topological polar surface area (TPSA) is 58.2 Å². The first-order valence-electron chi connectivity index (χ1n) is 6.30. The Morgan fingerprint density at radius 2 is 1.75 bits per heavy atom. The van der Waals surface area contributed by atoms with E-state index in [2.05, 4.69) is 10.0 Å². The molecule has 1 aromatic carbocycles. The Labute approximate surface area is 123 Å². The number of aryl methyl sites for hydroxylation is 1. The van der Waals surface area contributed by atoms with Crippen molar-refractivity contribution in [3.05, 3.63) is 51.7 Å². The van der Waals surface area contributed by atoms with Gasteiger partial charge in [-0.3, -0.25) is 0 Å². The minimum Gasteiger partial charge on any atom is -0.316 e. The van der Waals surface area contributed by atoms with Crippen LogP contribution in [0.25, 0.3) is 0 Å². The van der Waals surface area contributed by atoms with Crippen LogP contribution in [0.1, 0.15) is 15.3 Å². The molecule has 0 amide bonds. The third-order valence-electron chi connectivity index (χ3n) is 2.85. The van der Waals surface area contributed by atoms with E-state index >= 15 is 0 Å². The van der Waals surface area contributed by atoms with Crippen molar-refractivity contribution in [2.75, 3.05) is 7.05 Å². The molecule has 0 aliphatic rings. The molecule has 0 atom stereocenters. The number of benzene rings is 1. The molecule has 20 heavy (non-hydrogen) atoms. The Morgan fingerprint density at radius 1 is 1.05 bits per heavy atom. The molecule has 0 unspecified atom stereocenters. The second-order valence-electron chi connectivity index (χ2n) is 4.51. The van der Waals surface area contributed by atoms with Crippen LogP contribution in [-0.4, -0.2) is 15.5 Å². The molecule has 2 rings (SSSR count). The monoisotopic (exact) mass is 310 g/mol. The summed E-state index contributed by atoms with van der Waals surface area (Å²) in [7, 11) is -1.59. The fraction of sp³-hybridized carbons (Fsp3) is 0.286. The van der Waals surface area contributed by atoms with Crippen LogP contribution in [-0.2, 0) is 23.1 Å². The van der Waals surface area contributed by atoms with Crippen molar-refractivity contribution >= 4 is 21.4 Å². The molecule has 0 bridgehead atoms. The van der Waals surface area contributed by atoms with Crippen LogP contribution in [0, 0.1) is 6.92 Å². The summed E-state index contributed by atoms with van der Waals surface area (Å²) >= 11 is 1.60. The summed E-state index contributed by atoms with van der Waals surface area (Å²) in [5, 5.41) is 3.03. The Hall–Kier alpha value is -1.21. The number of hydrogen-bond acceptors (Lipinski definition) is 4. The van der Waals surface area contributed by atoms with Crippen molar-refractivity contribution in [2.24, 2.45) is 0 Å². The first kappa shape index (κ1) is 15.2. The molecule has 6 heteroatoms. The van der Waals surface area contributed by atoms with Gasteiger partial charge in [-0.1, -0.05) is 12.1 Å². The quantitative estimate of drug-likeness (QED) is 0.860. The van der Waals surface area contributed by atoms with Gasteiger partial charge in [0.25, 0.3) is 0 Å². The molecule has 108 valence electrons. The summed E-state index contributed by atoms with van der Waals surface area (Å²) in [4.78, 5) is 2.49. The first-order chi connectivity index (χ1) is 9.51. The van der Waals surface area contributed by atoms with Gasteiger partial charge in [0.2, 0.25) is 10.0 Å². The van der Waals surface area contributed by atoms with Crippen LogP contribution in [0.15, 0.2) is 41.3 Å². The van der Waals surface area contributed by atoms with E-state index in [4.69, 9.17) is 0 Å². The van der Waals surface area contributed by atoms with Crippen molar-refractivity contribution in [3.8, 4) is 0 Å². The van der Waals surface area contributed by atoms with Crippen LogP contribution in [0.3, 0.4) is 0 Å². The van der Waals surface area contributed by atoms with Crippen molar-refractivity contribution in [2.45, 2.75) is 24.9 Å². The van der Waals surface area contributed by atoms with Crippen LogP contribution < -0.4 is 10.0 Å². The Kier molecular flexibility index (Phi) is 4.93. The number of hydrogen-bond donors (Lipinski definition) is 2. The lowest BCUT2D eigenvalue weighted by Gasteiger charge is -2.07. The highest BCUT2D eigenvalue weighted by molar-refractivity contribution is 7.89. The third-order valence-corrected chi connectivity index (χ3v) is 5.26. The molecule has 0 fully saturated rings. The summed E-state index contributed by atoms with van der Waals surface area (Å²) in [5.74, 6) is 0. The second kappa shape index (κ2) is 6.49. The maximum atomic E-state index is 12.2. The highest BCUT2D eigenvalue weighted by atomic mass is 32.2. The summed E-state index contributed by atoms with van der Waals surface area (Å²) in [5.41, 5.74) is 1.06. The lowest BCUT2D eigenvalue weighted by molar-refractivity contribution is 0.582. The molecular weight excluding hydrogens is 292 g/mol. The number of rotatable bonds is 6. The first-order valence-corrected chi connectivity index (χ1v) is 8.60. The van der Waals surface area contributed by atoms with E-state index in [1.807, 2.05) is 38.2 Å². The highest BCUT2D eigenvalue weighted by Gasteiger charge is 2.13. The van der Waals surface area contributed by atoms with Crippen LogP contribution in [0.5, 0.6) is 0 Å². The van der Waals surface area contributed by atoms with E-state index in [-0.39, 0.29) is 0 Å². The molecular formula is C14H18N2O2S2. The van der Waals surface area contributed by atoms with Crippen molar-refractivity contribution in [1.82, 2.24) is 10.0 Å². The highest BCUT2D eigenvalue weighted by Crippen LogP contribution is 2.16. The minimum absolute atomic E-state index is 0.297. The van der Waals surface area contributed by atoms with E-state index in [9.17, 15) is 8.42 Å². The van der Waals surface area contributed by atoms with Gasteiger partial charge in [0.1, 0.15) is 0 Å². The fourth-order valence-corrected chi connectivity index (χ4v) is 3.75. The standard InChI is InChI=1S/C14H18N2O2S2/c1-11-3-6-13(19-11)10-16-20(17,18)14-7-4-12(5-8-14)9-15-2/h3-8,15-16H,9-10H2,1-2H3. The van der Waals surface area contributed by atoms with Gasteiger partial charge in [-0.05, 0) is 43.8 Å². The number of nitrogens with one attached hydrogen (secondary N) is 2. The zero-order valence-electron chi connectivity index (χ0n) is 11.5. The zero-order chi connectivity index (χ0) is 14.6. The molecule has 0 aliphatic heterocycles. The van der Waals surface area contributed by atoms with Crippen LogP contribution in [0.2, 0.25) is 0 Å². The average Bonchev–Trinajstić information content (AvgIpc) is 2.84. The Balaban J connectivity index is 2.05. The molecule has 0 radical (unpaired) electrons. The van der Waals surface area contributed by atoms with Gasteiger partial charge in [-0.15, -0.1) is 11.3 Å². The summed E-state index contributed by atoms with van der Waals surface area (Å²) in [6.45, 7) is 3.06. The predicted molar refractivity (Wildman–Crippen MR) is 82.3 cm³/mol. The Morgan fingerprint density at radius 3 is 2.30 bits per heavy atom. The van der Waals surface area contributed by atoms with Gasteiger partial charge in [-0.25, -0.2) is 13.1 Å². The molecule has 1 heterocycles.